The summed E-state index contributed by atoms with van der Waals surface area (Å²) in [5.74, 6) is 0.187. The summed E-state index contributed by atoms with van der Waals surface area (Å²) in [4.78, 5) is 31.1. The standard InChI is InChI=1S/C22H32FN3O4/c1-24(2)15-21(28)26-12-13-30-22(16-26,14-20(27)25-10-4-3-5-11-25)17-29-19-8-6-18(23)7-9-19/h6-9H,3-5,10-17H2,1-2H3. The van der Waals surface area contributed by atoms with Gasteiger partial charge in [-0.1, -0.05) is 0 Å². The summed E-state index contributed by atoms with van der Waals surface area (Å²) in [7, 11) is 3.70. The molecule has 1 unspecified atom stereocenters. The smallest absolute Gasteiger partial charge is 0.236 e. The summed E-state index contributed by atoms with van der Waals surface area (Å²) in [5, 5.41) is 0. The number of halogens is 1. The third kappa shape index (κ3) is 6.15. The highest BCUT2D eigenvalue weighted by Gasteiger charge is 2.42. The number of ether oxygens (including phenoxy) is 2. The predicted octanol–water partition coefficient (Wildman–Crippen LogP) is 1.77. The normalized spacial score (nSPS) is 22.3. The maximum Gasteiger partial charge on any atom is 0.236 e. The Labute approximate surface area is 177 Å². The van der Waals surface area contributed by atoms with Gasteiger partial charge in [-0.3, -0.25) is 9.59 Å². The minimum Gasteiger partial charge on any atom is -0.490 e. The highest BCUT2D eigenvalue weighted by molar-refractivity contribution is 5.79. The van der Waals surface area contributed by atoms with Crippen LogP contribution in [0.4, 0.5) is 4.39 Å². The molecule has 2 heterocycles. The molecule has 0 aliphatic carbocycles. The van der Waals surface area contributed by atoms with Crippen LogP contribution in [0.25, 0.3) is 0 Å². The number of likely N-dealkylation sites (N-methyl/N-ethyl adjacent to an activating group) is 1. The number of amides is 2. The van der Waals surface area contributed by atoms with Crippen LogP contribution >= 0.6 is 0 Å². The second kappa shape index (κ2) is 10.2. The van der Waals surface area contributed by atoms with Crippen LogP contribution in [0.5, 0.6) is 5.75 Å². The first-order valence-electron chi connectivity index (χ1n) is 10.6. The molecule has 1 aromatic rings. The van der Waals surface area contributed by atoms with Crippen molar-refractivity contribution in [3.05, 3.63) is 30.1 Å². The van der Waals surface area contributed by atoms with Crippen LogP contribution in [0, 0.1) is 5.82 Å². The summed E-state index contributed by atoms with van der Waals surface area (Å²) >= 11 is 0. The third-order valence-corrected chi connectivity index (χ3v) is 5.55. The van der Waals surface area contributed by atoms with E-state index in [4.69, 9.17) is 9.47 Å². The van der Waals surface area contributed by atoms with Crippen molar-refractivity contribution in [3.8, 4) is 5.75 Å². The van der Waals surface area contributed by atoms with Gasteiger partial charge >= 0.3 is 0 Å². The number of hydrogen-bond acceptors (Lipinski definition) is 5. The van der Waals surface area contributed by atoms with E-state index < -0.39 is 5.60 Å². The lowest BCUT2D eigenvalue weighted by atomic mass is 9.96. The van der Waals surface area contributed by atoms with Gasteiger partial charge in [0, 0.05) is 19.6 Å². The first-order chi connectivity index (χ1) is 14.4. The molecule has 0 bridgehead atoms. The molecule has 2 saturated heterocycles. The fraction of sp³-hybridized carbons (Fsp3) is 0.636. The van der Waals surface area contributed by atoms with Gasteiger partial charge in [0.15, 0.2) is 0 Å². The lowest BCUT2D eigenvalue weighted by Gasteiger charge is -2.43. The van der Waals surface area contributed by atoms with Crippen LogP contribution < -0.4 is 4.74 Å². The molecule has 0 spiro atoms. The minimum absolute atomic E-state index is 0.000112. The van der Waals surface area contributed by atoms with Gasteiger partial charge in [-0.2, -0.15) is 0 Å². The van der Waals surface area contributed by atoms with E-state index in [1.165, 1.54) is 12.1 Å². The van der Waals surface area contributed by atoms with Crippen LogP contribution in [0.3, 0.4) is 0 Å². The molecular weight excluding hydrogens is 389 g/mol. The van der Waals surface area contributed by atoms with E-state index in [1.807, 2.05) is 23.9 Å². The van der Waals surface area contributed by atoms with Crippen molar-refractivity contribution < 1.29 is 23.5 Å². The van der Waals surface area contributed by atoms with Crippen LogP contribution in [0.1, 0.15) is 25.7 Å². The van der Waals surface area contributed by atoms with Gasteiger partial charge in [0.05, 0.1) is 26.1 Å². The van der Waals surface area contributed by atoms with Crippen LogP contribution in [0.2, 0.25) is 0 Å². The van der Waals surface area contributed by atoms with Gasteiger partial charge in [0.1, 0.15) is 23.8 Å². The Hall–Kier alpha value is -2.19. The average molecular weight is 422 g/mol. The molecule has 166 valence electrons. The predicted molar refractivity (Wildman–Crippen MR) is 111 cm³/mol. The van der Waals surface area contributed by atoms with Gasteiger partial charge < -0.3 is 24.2 Å². The van der Waals surface area contributed by atoms with Crippen molar-refractivity contribution in [2.24, 2.45) is 0 Å². The summed E-state index contributed by atoms with van der Waals surface area (Å²) in [6.07, 6.45) is 3.32. The van der Waals surface area contributed by atoms with Gasteiger partial charge in [-0.25, -0.2) is 4.39 Å². The Morgan fingerprint density at radius 1 is 1.07 bits per heavy atom. The number of rotatable bonds is 7. The Balaban J connectivity index is 1.73. The van der Waals surface area contributed by atoms with E-state index in [2.05, 4.69) is 0 Å². The number of carbonyl (C=O) groups excluding carboxylic acids is 2. The number of hydrogen-bond donors (Lipinski definition) is 0. The van der Waals surface area contributed by atoms with E-state index >= 15 is 0 Å². The lowest BCUT2D eigenvalue weighted by Crippen LogP contribution is -2.59. The maximum absolute atomic E-state index is 13.2. The second-order valence-electron chi connectivity index (χ2n) is 8.45. The summed E-state index contributed by atoms with van der Waals surface area (Å²) in [6, 6.07) is 5.76. The topological polar surface area (TPSA) is 62.3 Å². The maximum atomic E-state index is 13.2. The molecule has 0 aromatic heterocycles. The molecular formula is C22H32FN3O4. The Morgan fingerprint density at radius 2 is 1.77 bits per heavy atom. The van der Waals surface area contributed by atoms with Crippen LogP contribution in [0.15, 0.2) is 24.3 Å². The van der Waals surface area contributed by atoms with E-state index in [1.54, 1.807) is 17.0 Å². The zero-order valence-corrected chi connectivity index (χ0v) is 17.9. The zero-order valence-electron chi connectivity index (χ0n) is 17.9. The second-order valence-corrected chi connectivity index (χ2v) is 8.45. The first kappa shape index (κ1) is 22.5. The molecule has 7 nitrogen and oxygen atoms in total. The molecule has 1 aromatic carbocycles. The molecule has 3 rings (SSSR count). The Bertz CT molecular complexity index is 722. The largest absolute Gasteiger partial charge is 0.490 e. The molecule has 2 aliphatic rings. The average Bonchev–Trinajstić information content (AvgIpc) is 2.74. The number of benzene rings is 1. The van der Waals surface area contributed by atoms with Crippen molar-refractivity contribution in [2.45, 2.75) is 31.3 Å². The third-order valence-electron chi connectivity index (χ3n) is 5.55. The first-order valence-corrected chi connectivity index (χ1v) is 10.6. The van der Waals surface area contributed by atoms with E-state index in [0.29, 0.717) is 32.0 Å². The van der Waals surface area contributed by atoms with Gasteiger partial charge in [-0.05, 0) is 57.6 Å². The fourth-order valence-electron chi connectivity index (χ4n) is 3.95. The highest BCUT2D eigenvalue weighted by Crippen LogP contribution is 2.26. The van der Waals surface area contributed by atoms with E-state index in [-0.39, 0.29) is 30.7 Å². The van der Waals surface area contributed by atoms with Crippen molar-refractivity contribution in [1.82, 2.24) is 14.7 Å². The van der Waals surface area contributed by atoms with Gasteiger partial charge in [0.25, 0.3) is 0 Å². The van der Waals surface area contributed by atoms with Gasteiger partial charge in [-0.15, -0.1) is 0 Å². The summed E-state index contributed by atoms with van der Waals surface area (Å²) in [5.41, 5.74) is -0.927. The van der Waals surface area contributed by atoms with Crippen LogP contribution in [-0.2, 0) is 14.3 Å². The van der Waals surface area contributed by atoms with E-state index in [9.17, 15) is 14.0 Å². The molecule has 0 saturated carbocycles. The number of nitrogens with zero attached hydrogens (tertiary/aromatic N) is 3. The van der Waals surface area contributed by atoms with Crippen molar-refractivity contribution in [2.75, 3.05) is 60.0 Å². The molecule has 2 aliphatic heterocycles. The van der Waals surface area contributed by atoms with Crippen molar-refractivity contribution in [1.29, 1.82) is 0 Å². The van der Waals surface area contributed by atoms with Crippen LogP contribution in [-0.4, -0.2) is 92.1 Å². The lowest BCUT2D eigenvalue weighted by molar-refractivity contribution is -0.166. The monoisotopic (exact) mass is 421 g/mol. The molecule has 30 heavy (non-hydrogen) atoms. The molecule has 1 atom stereocenters. The molecule has 2 amide bonds. The van der Waals surface area contributed by atoms with Crippen molar-refractivity contribution in [3.63, 3.8) is 0 Å². The quantitative estimate of drug-likeness (QED) is 0.672. The number of likely N-dealkylation sites (tertiary alicyclic amines) is 1. The fourth-order valence-corrected chi connectivity index (χ4v) is 3.95. The molecule has 2 fully saturated rings. The number of piperidine rings is 1. The molecule has 0 radical (unpaired) electrons. The summed E-state index contributed by atoms with van der Waals surface area (Å²) < 4.78 is 25.2. The number of carbonyl (C=O) groups is 2. The summed E-state index contributed by atoms with van der Waals surface area (Å²) in [6.45, 7) is 3.06. The minimum atomic E-state index is -0.927. The molecule has 0 N–H and O–H groups in total. The highest BCUT2D eigenvalue weighted by atomic mass is 19.1. The zero-order chi connectivity index (χ0) is 21.6. The van der Waals surface area contributed by atoms with Gasteiger partial charge in [0.2, 0.25) is 11.8 Å². The Kier molecular flexibility index (Phi) is 7.66. The molecule has 8 heteroatoms. The van der Waals surface area contributed by atoms with Crippen molar-refractivity contribution >= 4 is 11.8 Å². The van der Waals surface area contributed by atoms with E-state index in [0.717, 1.165) is 32.4 Å². The number of morpholine rings is 1. The Morgan fingerprint density at radius 3 is 2.43 bits per heavy atom. The SMILES string of the molecule is CN(C)CC(=O)N1CCOC(COc2ccc(F)cc2)(CC(=O)N2CCCCC2)C1.